The molecule has 2 aromatic rings. The van der Waals surface area contributed by atoms with Crippen LogP contribution in [0.4, 0.5) is 13.2 Å². The van der Waals surface area contributed by atoms with Gasteiger partial charge in [0, 0.05) is 6.04 Å². The van der Waals surface area contributed by atoms with Gasteiger partial charge in [-0.15, -0.1) is 0 Å². The topological polar surface area (TPSA) is 26.0 Å². The average Bonchev–Trinajstić information content (AvgIpc) is 2.42. The molecule has 1 unspecified atom stereocenters. The van der Waals surface area contributed by atoms with Crippen molar-refractivity contribution < 1.29 is 13.2 Å². The van der Waals surface area contributed by atoms with Crippen LogP contribution in [-0.2, 0) is 12.6 Å². The number of aryl methyl sites for hydroxylation is 2. The van der Waals surface area contributed by atoms with Crippen LogP contribution in [0.15, 0.2) is 42.5 Å². The Kier molecular flexibility index (Phi) is 4.37. The summed E-state index contributed by atoms with van der Waals surface area (Å²) >= 11 is 0. The van der Waals surface area contributed by atoms with Gasteiger partial charge in [0.1, 0.15) is 0 Å². The number of benzene rings is 2. The minimum absolute atomic E-state index is 0.142. The molecule has 0 radical (unpaired) electrons. The Balaban J connectivity index is 2.28. The fraction of sp³-hybridized carbons (Fsp3) is 0.294. The summed E-state index contributed by atoms with van der Waals surface area (Å²) in [6.07, 6.45) is -3.99. The van der Waals surface area contributed by atoms with Crippen LogP contribution in [0.3, 0.4) is 0 Å². The van der Waals surface area contributed by atoms with E-state index in [9.17, 15) is 13.2 Å². The van der Waals surface area contributed by atoms with Crippen molar-refractivity contribution in [1.29, 1.82) is 0 Å². The lowest BCUT2D eigenvalue weighted by Crippen LogP contribution is -2.19. The highest BCUT2D eigenvalue weighted by molar-refractivity contribution is 5.35. The lowest BCUT2D eigenvalue weighted by Gasteiger charge is -2.18. The molecule has 0 heterocycles. The summed E-state index contributed by atoms with van der Waals surface area (Å²) in [6.45, 7) is 3.98. The van der Waals surface area contributed by atoms with Crippen LogP contribution in [0, 0.1) is 13.8 Å². The molecule has 112 valence electrons. The van der Waals surface area contributed by atoms with Gasteiger partial charge in [-0.3, -0.25) is 0 Å². The molecule has 0 aliphatic heterocycles. The first-order valence-electron chi connectivity index (χ1n) is 6.77. The summed E-state index contributed by atoms with van der Waals surface area (Å²) in [6, 6.07) is 10.7. The third kappa shape index (κ3) is 3.64. The zero-order valence-electron chi connectivity index (χ0n) is 12.0. The van der Waals surface area contributed by atoms with Crippen molar-refractivity contribution in [3.63, 3.8) is 0 Å². The predicted molar refractivity (Wildman–Crippen MR) is 78.0 cm³/mol. The molecule has 0 aliphatic carbocycles. The van der Waals surface area contributed by atoms with Crippen molar-refractivity contribution in [2.45, 2.75) is 32.5 Å². The highest BCUT2D eigenvalue weighted by Crippen LogP contribution is 2.34. The third-order valence-corrected chi connectivity index (χ3v) is 3.69. The fourth-order valence-corrected chi connectivity index (χ4v) is 2.37. The predicted octanol–water partition coefficient (Wildman–Crippen LogP) is 4.56. The molecule has 0 amide bonds. The molecule has 0 bridgehead atoms. The van der Waals surface area contributed by atoms with Crippen LogP contribution in [0.1, 0.15) is 33.9 Å². The van der Waals surface area contributed by atoms with E-state index in [0.29, 0.717) is 6.42 Å². The lowest BCUT2D eigenvalue weighted by atomic mass is 9.94. The molecule has 4 heteroatoms. The largest absolute Gasteiger partial charge is 0.416 e. The molecule has 2 rings (SSSR count). The summed E-state index contributed by atoms with van der Waals surface area (Å²) in [4.78, 5) is 0. The molecule has 0 aromatic heterocycles. The maximum atomic E-state index is 13.0. The molecule has 21 heavy (non-hydrogen) atoms. The molecule has 0 aliphatic rings. The van der Waals surface area contributed by atoms with Gasteiger partial charge in [-0.2, -0.15) is 13.2 Å². The number of hydrogen-bond donors (Lipinski definition) is 1. The number of nitrogens with two attached hydrogens (primary N) is 1. The molecule has 0 saturated carbocycles. The summed E-state index contributed by atoms with van der Waals surface area (Å²) in [7, 11) is 0. The van der Waals surface area contributed by atoms with Gasteiger partial charge in [0.25, 0.3) is 0 Å². The van der Waals surface area contributed by atoms with E-state index in [1.807, 2.05) is 32.0 Å². The van der Waals surface area contributed by atoms with Crippen LogP contribution in [0.5, 0.6) is 0 Å². The molecule has 0 saturated heterocycles. The Morgan fingerprint density at radius 1 is 1.00 bits per heavy atom. The van der Waals surface area contributed by atoms with Gasteiger partial charge in [-0.05, 0) is 48.6 Å². The highest BCUT2D eigenvalue weighted by atomic mass is 19.4. The first kappa shape index (κ1) is 15.6. The first-order valence-corrected chi connectivity index (χ1v) is 6.77. The fourth-order valence-electron chi connectivity index (χ4n) is 2.37. The summed E-state index contributed by atoms with van der Waals surface area (Å²) in [5.41, 5.74) is 8.72. The van der Waals surface area contributed by atoms with Crippen molar-refractivity contribution in [3.8, 4) is 0 Å². The molecule has 2 aromatic carbocycles. The van der Waals surface area contributed by atoms with Crippen molar-refractivity contribution in [2.75, 3.05) is 0 Å². The van der Waals surface area contributed by atoms with Gasteiger partial charge in [0.05, 0.1) is 5.56 Å². The van der Waals surface area contributed by atoms with E-state index >= 15 is 0 Å². The average molecular weight is 293 g/mol. The minimum atomic E-state index is -4.38. The smallest absolute Gasteiger partial charge is 0.324 e. The van der Waals surface area contributed by atoms with E-state index < -0.39 is 17.8 Å². The summed E-state index contributed by atoms with van der Waals surface area (Å²) in [5.74, 6) is 0. The zero-order chi connectivity index (χ0) is 15.6. The van der Waals surface area contributed by atoms with Gasteiger partial charge < -0.3 is 5.73 Å². The van der Waals surface area contributed by atoms with E-state index in [1.54, 1.807) is 6.07 Å². The lowest BCUT2D eigenvalue weighted by molar-refractivity contribution is -0.138. The molecule has 0 spiro atoms. The molecule has 0 fully saturated rings. The van der Waals surface area contributed by atoms with Crippen LogP contribution in [0.2, 0.25) is 0 Å². The maximum Gasteiger partial charge on any atom is 0.416 e. The van der Waals surface area contributed by atoms with E-state index in [2.05, 4.69) is 0 Å². The van der Waals surface area contributed by atoms with Gasteiger partial charge in [0.2, 0.25) is 0 Å². The van der Waals surface area contributed by atoms with Crippen LogP contribution >= 0.6 is 0 Å². The number of halogens is 3. The van der Waals surface area contributed by atoms with E-state index in [1.165, 1.54) is 12.1 Å². The van der Waals surface area contributed by atoms with Crippen LogP contribution in [0.25, 0.3) is 0 Å². The van der Waals surface area contributed by atoms with Gasteiger partial charge in [-0.25, -0.2) is 0 Å². The van der Waals surface area contributed by atoms with Crippen molar-refractivity contribution in [2.24, 2.45) is 5.73 Å². The number of rotatable bonds is 3. The van der Waals surface area contributed by atoms with Gasteiger partial charge >= 0.3 is 6.18 Å². The van der Waals surface area contributed by atoms with E-state index in [0.717, 1.165) is 22.8 Å². The zero-order valence-corrected chi connectivity index (χ0v) is 12.0. The molecular weight excluding hydrogens is 275 g/mol. The van der Waals surface area contributed by atoms with Gasteiger partial charge in [-0.1, -0.05) is 36.4 Å². The van der Waals surface area contributed by atoms with Crippen molar-refractivity contribution >= 4 is 0 Å². The van der Waals surface area contributed by atoms with E-state index in [-0.39, 0.29) is 5.56 Å². The Labute approximate surface area is 122 Å². The maximum absolute atomic E-state index is 13.0. The number of alkyl halides is 3. The second kappa shape index (κ2) is 5.90. The Morgan fingerprint density at radius 3 is 2.29 bits per heavy atom. The second-order valence-corrected chi connectivity index (χ2v) is 5.31. The number of hydrogen-bond acceptors (Lipinski definition) is 1. The monoisotopic (exact) mass is 293 g/mol. The van der Waals surface area contributed by atoms with Crippen LogP contribution in [-0.4, -0.2) is 0 Å². The minimum Gasteiger partial charge on any atom is -0.324 e. The molecular formula is C17H18F3N. The first-order chi connectivity index (χ1) is 9.79. The van der Waals surface area contributed by atoms with Crippen molar-refractivity contribution in [1.82, 2.24) is 0 Å². The summed E-state index contributed by atoms with van der Waals surface area (Å²) < 4.78 is 39.0. The van der Waals surface area contributed by atoms with Gasteiger partial charge in [0.15, 0.2) is 0 Å². The molecule has 2 N–H and O–H groups in total. The Morgan fingerprint density at radius 2 is 1.67 bits per heavy atom. The Bertz CT molecular complexity index is 632. The molecule has 1 nitrogen and oxygen atoms in total. The normalized spacial score (nSPS) is 13.2. The van der Waals surface area contributed by atoms with E-state index in [4.69, 9.17) is 5.73 Å². The molecule has 1 atom stereocenters. The van der Waals surface area contributed by atoms with Crippen LogP contribution < -0.4 is 5.73 Å². The van der Waals surface area contributed by atoms with Crippen molar-refractivity contribution in [3.05, 3.63) is 70.3 Å². The standard InChI is InChI=1S/C17H18F3N/c1-11-7-8-13(9-12(11)2)10-16(21)14-5-3-4-6-15(14)17(18,19)20/h3-9,16H,10,21H2,1-2H3. The SMILES string of the molecule is Cc1ccc(CC(N)c2ccccc2C(F)(F)F)cc1C. The third-order valence-electron chi connectivity index (χ3n) is 3.69. The quantitative estimate of drug-likeness (QED) is 0.881. The second-order valence-electron chi connectivity index (χ2n) is 5.31. The Hall–Kier alpha value is -1.81. The highest BCUT2D eigenvalue weighted by Gasteiger charge is 2.34. The summed E-state index contributed by atoms with van der Waals surface area (Å²) in [5, 5.41) is 0.